The van der Waals surface area contributed by atoms with Gasteiger partial charge < -0.3 is 20.1 Å². The fourth-order valence-electron chi connectivity index (χ4n) is 5.56. The first-order valence-electron chi connectivity index (χ1n) is 15.3. The van der Waals surface area contributed by atoms with Crippen molar-refractivity contribution >= 4 is 17.8 Å². The summed E-state index contributed by atoms with van der Waals surface area (Å²) in [5, 5.41) is 5.97. The van der Waals surface area contributed by atoms with E-state index >= 15 is 0 Å². The van der Waals surface area contributed by atoms with Crippen molar-refractivity contribution in [3.05, 3.63) is 89.7 Å². The molecule has 4 rings (SSSR count). The second-order valence-electron chi connectivity index (χ2n) is 13.2. The maximum absolute atomic E-state index is 13.9. The van der Waals surface area contributed by atoms with Crippen LogP contribution in [-0.2, 0) is 30.3 Å². The maximum Gasteiger partial charge on any atom is 0.338 e. The standard InChI is InChI=1S/C36H45N3O5/c1-23-12-8-9-15-28(23)26-19-17-25(18-20-26)13-10-16-29(30-34(42)44-36(6,7)43-30)32(40)39-31(35(3,4)5)33(41)38-24(2)27-14-11-21-37-22-27/h8-9,11-12,14-15,17-22,24,29-31H,10,13,16H2,1-7H3,(H,38,41)(H,39,40)/t24-,29-,30+,31-/m1/s1. The highest BCUT2D eigenvalue weighted by Gasteiger charge is 2.48. The van der Waals surface area contributed by atoms with Gasteiger partial charge in [0.15, 0.2) is 6.10 Å². The van der Waals surface area contributed by atoms with Gasteiger partial charge in [-0.1, -0.05) is 75.4 Å². The fraction of sp³-hybridized carbons (Fsp3) is 0.444. The first-order valence-corrected chi connectivity index (χ1v) is 15.3. The molecule has 2 amide bonds. The van der Waals surface area contributed by atoms with Crippen molar-refractivity contribution in [1.29, 1.82) is 0 Å². The van der Waals surface area contributed by atoms with Crippen LogP contribution in [0.15, 0.2) is 73.1 Å². The highest BCUT2D eigenvalue weighted by molar-refractivity contribution is 5.92. The number of rotatable bonds is 11. The van der Waals surface area contributed by atoms with Gasteiger partial charge in [0.1, 0.15) is 6.04 Å². The largest absolute Gasteiger partial charge is 0.432 e. The lowest BCUT2D eigenvalue weighted by molar-refractivity contribution is -0.162. The molecule has 0 aliphatic carbocycles. The molecule has 44 heavy (non-hydrogen) atoms. The van der Waals surface area contributed by atoms with Crippen LogP contribution in [0, 0.1) is 18.3 Å². The third-order valence-electron chi connectivity index (χ3n) is 8.04. The minimum Gasteiger partial charge on any atom is -0.432 e. The van der Waals surface area contributed by atoms with Gasteiger partial charge >= 0.3 is 5.97 Å². The molecule has 0 spiro atoms. The molecule has 3 aromatic rings. The molecular formula is C36H45N3O5. The predicted molar refractivity (Wildman–Crippen MR) is 170 cm³/mol. The lowest BCUT2D eigenvalue weighted by Gasteiger charge is -2.33. The van der Waals surface area contributed by atoms with E-state index in [0.717, 1.165) is 23.1 Å². The molecule has 1 aliphatic heterocycles. The molecule has 0 bridgehead atoms. The van der Waals surface area contributed by atoms with Crippen molar-refractivity contribution in [2.75, 3.05) is 0 Å². The Labute approximate surface area is 261 Å². The number of aryl methyl sites for hydroxylation is 2. The Morgan fingerprint density at radius 2 is 1.68 bits per heavy atom. The Hall–Kier alpha value is -4.04. The van der Waals surface area contributed by atoms with Gasteiger partial charge in [0.25, 0.3) is 0 Å². The van der Waals surface area contributed by atoms with Crippen LogP contribution in [0.25, 0.3) is 11.1 Å². The quantitative estimate of drug-likeness (QED) is 0.259. The van der Waals surface area contributed by atoms with Gasteiger partial charge in [0.2, 0.25) is 17.6 Å². The van der Waals surface area contributed by atoms with Crippen LogP contribution in [0.5, 0.6) is 0 Å². The van der Waals surface area contributed by atoms with E-state index in [1.165, 1.54) is 11.1 Å². The average molecular weight is 600 g/mol. The number of cyclic esters (lactones) is 1. The number of carbonyl (C=O) groups is 3. The van der Waals surface area contributed by atoms with Crippen molar-refractivity contribution in [3.8, 4) is 11.1 Å². The van der Waals surface area contributed by atoms with Crippen molar-refractivity contribution < 1.29 is 23.9 Å². The van der Waals surface area contributed by atoms with Crippen molar-refractivity contribution in [3.63, 3.8) is 0 Å². The zero-order valence-electron chi connectivity index (χ0n) is 26.8. The number of esters is 1. The Morgan fingerprint density at radius 1 is 0.977 bits per heavy atom. The molecular weight excluding hydrogens is 554 g/mol. The van der Waals surface area contributed by atoms with E-state index in [4.69, 9.17) is 9.47 Å². The normalized spacial score (nSPS) is 18.2. The smallest absolute Gasteiger partial charge is 0.338 e. The topological polar surface area (TPSA) is 107 Å². The summed E-state index contributed by atoms with van der Waals surface area (Å²) in [5.41, 5.74) is 4.95. The molecule has 8 nitrogen and oxygen atoms in total. The lowest BCUT2D eigenvalue weighted by atomic mass is 9.84. The number of hydrogen-bond donors (Lipinski definition) is 2. The highest BCUT2D eigenvalue weighted by atomic mass is 16.8. The summed E-state index contributed by atoms with van der Waals surface area (Å²) in [4.78, 5) is 44.4. The second kappa shape index (κ2) is 13.7. The van der Waals surface area contributed by atoms with Gasteiger partial charge in [-0.05, 0) is 72.4 Å². The lowest BCUT2D eigenvalue weighted by Crippen LogP contribution is -2.56. The number of aromatic nitrogens is 1. The number of nitrogens with zero attached hydrogens (tertiary/aromatic N) is 1. The van der Waals surface area contributed by atoms with Crippen molar-refractivity contribution in [2.24, 2.45) is 11.3 Å². The predicted octanol–water partition coefficient (Wildman–Crippen LogP) is 6.08. The molecule has 2 heterocycles. The molecule has 1 aliphatic rings. The van der Waals surface area contributed by atoms with Gasteiger partial charge in [-0.2, -0.15) is 0 Å². The third kappa shape index (κ3) is 8.32. The highest BCUT2D eigenvalue weighted by Crippen LogP contribution is 2.32. The fourth-order valence-corrected chi connectivity index (χ4v) is 5.56. The molecule has 234 valence electrons. The van der Waals surface area contributed by atoms with Crippen LogP contribution in [0.1, 0.15) is 77.1 Å². The number of carbonyl (C=O) groups excluding carboxylic acids is 3. The molecule has 0 radical (unpaired) electrons. The summed E-state index contributed by atoms with van der Waals surface area (Å²) in [6.07, 6.45) is 4.05. The summed E-state index contributed by atoms with van der Waals surface area (Å²) in [6, 6.07) is 19.2. The summed E-state index contributed by atoms with van der Waals surface area (Å²) in [5.74, 6) is -3.26. The Morgan fingerprint density at radius 3 is 2.27 bits per heavy atom. The van der Waals surface area contributed by atoms with Gasteiger partial charge in [-0.3, -0.25) is 14.6 Å². The SMILES string of the molecule is Cc1ccccc1-c1ccc(CCC[C@@H](C(=O)N[C@H](C(=O)N[C@H](C)c2cccnc2)C(C)(C)C)[C@@H]2OC(C)(C)OC2=O)cc1. The summed E-state index contributed by atoms with van der Waals surface area (Å²) in [6.45, 7) is 13.0. The van der Waals surface area contributed by atoms with Gasteiger partial charge in [0.05, 0.1) is 12.0 Å². The monoisotopic (exact) mass is 599 g/mol. The van der Waals surface area contributed by atoms with Crippen LogP contribution in [0.4, 0.5) is 0 Å². The van der Waals surface area contributed by atoms with Crippen LogP contribution >= 0.6 is 0 Å². The number of benzene rings is 2. The van der Waals surface area contributed by atoms with Crippen LogP contribution in [0.3, 0.4) is 0 Å². The van der Waals surface area contributed by atoms with E-state index in [-0.39, 0.29) is 11.9 Å². The third-order valence-corrected chi connectivity index (χ3v) is 8.04. The number of nitrogens with one attached hydrogen (secondary N) is 2. The molecule has 2 aromatic carbocycles. The van der Waals surface area contributed by atoms with E-state index in [1.54, 1.807) is 26.2 Å². The molecule has 1 fully saturated rings. The van der Waals surface area contributed by atoms with E-state index in [2.05, 4.69) is 58.9 Å². The number of amides is 2. The van der Waals surface area contributed by atoms with Crippen molar-refractivity contribution in [2.45, 2.75) is 91.7 Å². The summed E-state index contributed by atoms with van der Waals surface area (Å²) < 4.78 is 11.3. The van der Waals surface area contributed by atoms with Gasteiger partial charge in [-0.15, -0.1) is 0 Å². The number of hydrogen-bond acceptors (Lipinski definition) is 6. The van der Waals surface area contributed by atoms with Gasteiger partial charge in [0, 0.05) is 26.2 Å². The average Bonchev–Trinajstić information content (AvgIpc) is 3.25. The summed E-state index contributed by atoms with van der Waals surface area (Å²) in [7, 11) is 0. The zero-order valence-corrected chi connectivity index (χ0v) is 26.8. The second-order valence-corrected chi connectivity index (χ2v) is 13.2. The van der Waals surface area contributed by atoms with Gasteiger partial charge in [-0.25, -0.2) is 4.79 Å². The molecule has 0 saturated carbocycles. The molecule has 4 atom stereocenters. The molecule has 1 aromatic heterocycles. The van der Waals surface area contributed by atoms with E-state index < -0.39 is 41.1 Å². The molecule has 8 heteroatoms. The van der Waals surface area contributed by atoms with E-state index in [0.29, 0.717) is 12.8 Å². The Balaban J connectivity index is 1.47. The Kier molecular flexibility index (Phi) is 10.3. The molecule has 2 N–H and O–H groups in total. The molecule has 1 saturated heterocycles. The molecule has 0 unspecified atom stereocenters. The van der Waals surface area contributed by atoms with E-state index in [9.17, 15) is 14.4 Å². The van der Waals surface area contributed by atoms with Crippen molar-refractivity contribution in [1.82, 2.24) is 15.6 Å². The summed E-state index contributed by atoms with van der Waals surface area (Å²) >= 11 is 0. The van der Waals surface area contributed by atoms with Crippen LogP contribution < -0.4 is 10.6 Å². The zero-order chi connectivity index (χ0) is 32.1. The number of pyridine rings is 1. The van der Waals surface area contributed by atoms with Crippen LogP contribution in [0.2, 0.25) is 0 Å². The maximum atomic E-state index is 13.9. The minimum absolute atomic E-state index is 0.306. The van der Waals surface area contributed by atoms with Crippen LogP contribution in [-0.4, -0.2) is 40.7 Å². The van der Waals surface area contributed by atoms with E-state index in [1.807, 2.05) is 52.0 Å². The first kappa shape index (κ1) is 32.9. The Bertz CT molecular complexity index is 1450. The minimum atomic E-state index is -1.13. The first-order chi connectivity index (χ1) is 20.7. The number of ether oxygens (including phenoxy) is 2.